The number of anilines is 1. The van der Waals surface area contributed by atoms with E-state index < -0.39 is 17.7 Å². The van der Waals surface area contributed by atoms with Gasteiger partial charge < -0.3 is 24.1 Å². The van der Waals surface area contributed by atoms with E-state index in [0.29, 0.717) is 12.8 Å². The van der Waals surface area contributed by atoms with E-state index in [4.69, 9.17) is 24.1 Å². The molecule has 0 radical (unpaired) electrons. The van der Waals surface area contributed by atoms with Crippen LogP contribution in [0.15, 0.2) is 12.4 Å². The molecule has 0 amide bonds. The highest BCUT2D eigenvalue weighted by atomic mass is 127. The van der Waals surface area contributed by atoms with Gasteiger partial charge in [0.25, 0.3) is 0 Å². The lowest BCUT2D eigenvalue weighted by molar-refractivity contribution is -0.156. The van der Waals surface area contributed by atoms with Crippen molar-refractivity contribution in [3.05, 3.63) is 18.1 Å². The summed E-state index contributed by atoms with van der Waals surface area (Å²) in [5.74, 6) is -0.724. The number of nitrogen functional groups attached to an aromatic ring is 1. The van der Waals surface area contributed by atoms with Gasteiger partial charge in [0.2, 0.25) is 0 Å². The highest BCUT2D eigenvalue weighted by Gasteiger charge is 2.47. The summed E-state index contributed by atoms with van der Waals surface area (Å²) in [5.41, 5.74) is 3.91. The molecule has 0 aromatic carbocycles. The van der Waals surface area contributed by atoms with Crippen LogP contribution in [0.2, 0.25) is 0 Å². The number of halogens is 4. The van der Waals surface area contributed by atoms with Crippen LogP contribution in [0.25, 0.3) is 0 Å². The first kappa shape index (κ1) is 25.6. The highest BCUT2D eigenvalue weighted by Crippen LogP contribution is 2.35. The molecule has 3 unspecified atom stereocenters. The van der Waals surface area contributed by atoms with Gasteiger partial charge in [-0.05, 0) is 20.3 Å². The summed E-state index contributed by atoms with van der Waals surface area (Å²) >= 11 is 2.10. The van der Waals surface area contributed by atoms with Gasteiger partial charge in [-0.3, -0.25) is 4.98 Å². The summed E-state index contributed by atoms with van der Waals surface area (Å²) < 4.78 is 58.0. The van der Waals surface area contributed by atoms with E-state index in [1.165, 1.54) is 9.21 Å². The quantitative estimate of drug-likeness (QED) is 0.447. The Morgan fingerprint density at radius 1 is 1.32 bits per heavy atom. The van der Waals surface area contributed by atoms with E-state index in [2.05, 4.69) is 31.2 Å². The Balaban J connectivity index is 0.000000268. The number of hydrogen-bond acceptors (Lipinski definition) is 8. The number of alkyl halides is 3. The first-order chi connectivity index (χ1) is 13.1. The molecular formula is C16H25F3IN3O4S. The molecule has 2 aliphatic rings. The number of nitrogens with two attached hydrogens (primary N) is 1. The predicted molar refractivity (Wildman–Crippen MR) is 109 cm³/mol. The Bertz CT molecular complexity index is 598. The molecule has 162 valence electrons. The molecule has 2 aliphatic heterocycles. The fourth-order valence-electron chi connectivity index (χ4n) is 2.59. The van der Waals surface area contributed by atoms with Crippen molar-refractivity contribution in [3.63, 3.8) is 0 Å². The van der Waals surface area contributed by atoms with E-state index in [0.717, 1.165) is 19.2 Å². The van der Waals surface area contributed by atoms with Crippen molar-refractivity contribution in [1.82, 2.24) is 9.97 Å². The maximum atomic E-state index is 11.8. The van der Waals surface area contributed by atoms with E-state index in [1.807, 2.05) is 27.7 Å². The minimum Gasteiger partial charge on any atom is -0.382 e. The topological polar surface area (TPSA) is 88.7 Å². The van der Waals surface area contributed by atoms with Gasteiger partial charge in [0.05, 0.1) is 34.3 Å². The van der Waals surface area contributed by atoms with Crippen molar-refractivity contribution in [3.8, 4) is 0 Å². The Morgan fingerprint density at radius 2 is 2.00 bits per heavy atom. The summed E-state index contributed by atoms with van der Waals surface area (Å²) in [4.78, 5) is 6.28. The predicted octanol–water partition coefficient (Wildman–Crippen LogP) is 4.41. The van der Waals surface area contributed by atoms with Crippen molar-refractivity contribution < 1.29 is 31.6 Å². The molecule has 7 nitrogen and oxygen atoms in total. The van der Waals surface area contributed by atoms with E-state index in [9.17, 15) is 13.2 Å². The monoisotopic (exact) mass is 539 g/mol. The minimum absolute atomic E-state index is 0.00668. The molecule has 3 atom stereocenters. The van der Waals surface area contributed by atoms with Gasteiger partial charge in [-0.2, -0.15) is 13.2 Å². The van der Waals surface area contributed by atoms with Gasteiger partial charge in [-0.25, -0.2) is 4.98 Å². The van der Waals surface area contributed by atoms with Crippen molar-refractivity contribution >= 4 is 36.2 Å². The molecule has 3 rings (SSSR count). The van der Waals surface area contributed by atoms with Crippen molar-refractivity contribution in [2.24, 2.45) is 0 Å². The molecule has 28 heavy (non-hydrogen) atoms. The summed E-state index contributed by atoms with van der Waals surface area (Å²) in [6.07, 6.45) is -1.73. The van der Waals surface area contributed by atoms with Gasteiger partial charge in [-0.15, -0.1) is 0 Å². The van der Waals surface area contributed by atoms with E-state index in [-0.39, 0.29) is 24.1 Å². The maximum absolute atomic E-state index is 11.8. The second-order valence-corrected chi connectivity index (χ2v) is 7.45. The number of rotatable bonds is 3. The second kappa shape index (κ2) is 11.7. The zero-order valence-electron chi connectivity index (χ0n) is 16.0. The normalized spacial score (nSPS) is 25.6. The summed E-state index contributed by atoms with van der Waals surface area (Å²) in [6.45, 7) is 9.15. The molecular weight excluding hydrogens is 514 g/mol. The third-order valence-corrected chi connectivity index (χ3v) is 4.53. The zero-order valence-corrected chi connectivity index (χ0v) is 19.0. The fourth-order valence-corrected chi connectivity index (χ4v) is 3.21. The smallest absolute Gasteiger partial charge is 0.382 e. The lowest BCUT2D eigenvalue weighted by atomic mass is 10.0. The molecule has 12 heteroatoms. The average Bonchev–Trinajstić information content (AvgIpc) is 2.96. The minimum atomic E-state index is -4.47. The standard InChI is InChI=1S/C9H15IO4S.C5H4F3N3.C2H6/c1-9(2)13-6-3-4-11-7(5-12-15-10)8(6)14-9;6-5(7,8)3-1-10-2-4(9)11-3;1-2/h6-8H,3-5H2,1-2H3;1-2H,(H2,9,11);1-2H3. The zero-order chi connectivity index (χ0) is 21.4. The van der Waals surface area contributed by atoms with Crippen LogP contribution < -0.4 is 5.73 Å². The second-order valence-electron chi connectivity index (χ2n) is 6.01. The first-order valence-electron chi connectivity index (χ1n) is 8.64. The number of aromatic nitrogens is 2. The Morgan fingerprint density at radius 3 is 2.54 bits per heavy atom. The lowest BCUT2D eigenvalue weighted by Crippen LogP contribution is -2.44. The Hall–Kier alpha value is -0.410. The summed E-state index contributed by atoms with van der Waals surface area (Å²) in [7, 11) is 1.32. The molecule has 2 saturated heterocycles. The third kappa shape index (κ3) is 8.14. The van der Waals surface area contributed by atoms with Gasteiger partial charge in [0.1, 0.15) is 18.0 Å². The Labute approximate surface area is 179 Å². The van der Waals surface area contributed by atoms with Crippen LogP contribution in [0.1, 0.15) is 39.8 Å². The average molecular weight is 539 g/mol. The molecule has 1 aromatic heterocycles. The van der Waals surface area contributed by atoms with Gasteiger partial charge in [0, 0.05) is 27.8 Å². The molecule has 1 aromatic rings. The van der Waals surface area contributed by atoms with Crippen LogP contribution in [-0.2, 0) is 24.6 Å². The molecule has 0 bridgehead atoms. The van der Waals surface area contributed by atoms with E-state index in [1.54, 1.807) is 0 Å². The van der Waals surface area contributed by atoms with Crippen LogP contribution >= 0.6 is 30.4 Å². The summed E-state index contributed by atoms with van der Waals surface area (Å²) in [6, 6.07) is 0. The summed E-state index contributed by atoms with van der Waals surface area (Å²) in [5, 5.41) is 0. The van der Waals surface area contributed by atoms with Crippen LogP contribution in [-0.4, -0.2) is 47.3 Å². The first-order valence-corrected chi connectivity index (χ1v) is 11.9. The molecule has 0 aliphatic carbocycles. The van der Waals surface area contributed by atoms with Crippen molar-refractivity contribution in [2.75, 3.05) is 18.9 Å². The maximum Gasteiger partial charge on any atom is 0.434 e. The number of fused-ring (bicyclic) bond motifs is 1. The number of nitrogens with zero attached hydrogens (tertiary/aromatic N) is 2. The van der Waals surface area contributed by atoms with Gasteiger partial charge in [-0.1, -0.05) is 13.8 Å². The molecule has 3 heterocycles. The molecule has 2 N–H and O–H groups in total. The van der Waals surface area contributed by atoms with Gasteiger partial charge in [0.15, 0.2) is 11.5 Å². The SMILES string of the molecule is CC.CC1(C)OC2CCOC(COSI)C2O1.Nc1cncc(C(F)(F)F)n1. The molecule has 0 spiro atoms. The largest absolute Gasteiger partial charge is 0.434 e. The van der Waals surface area contributed by atoms with Crippen LogP contribution in [0.4, 0.5) is 19.0 Å². The molecule has 0 saturated carbocycles. The van der Waals surface area contributed by atoms with Crippen LogP contribution in [0.5, 0.6) is 0 Å². The number of ether oxygens (including phenoxy) is 3. The van der Waals surface area contributed by atoms with Crippen LogP contribution in [0.3, 0.4) is 0 Å². The highest BCUT2D eigenvalue weighted by molar-refractivity contribution is 14.2. The van der Waals surface area contributed by atoms with Crippen molar-refractivity contribution in [1.29, 1.82) is 0 Å². The van der Waals surface area contributed by atoms with Crippen molar-refractivity contribution in [2.45, 2.75) is 64.4 Å². The number of hydrogen-bond donors (Lipinski definition) is 1. The van der Waals surface area contributed by atoms with Gasteiger partial charge >= 0.3 is 6.18 Å². The third-order valence-electron chi connectivity index (χ3n) is 3.54. The van der Waals surface area contributed by atoms with Crippen LogP contribution in [0, 0.1) is 0 Å². The van der Waals surface area contributed by atoms with E-state index >= 15 is 0 Å². The lowest BCUT2D eigenvalue weighted by Gasteiger charge is -2.30. The Kier molecular flexibility index (Phi) is 10.7. The fraction of sp³-hybridized carbons (Fsp3) is 0.750. The molecule has 2 fully saturated rings.